The van der Waals surface area contributed by atoms with Crippen molar-refractivity contribution in [3.8, 4) is 0 Å². The number of ether oxygens (including phenoxy) is 1. The van der Waals surface area contributed by atoms with Crippen LogP contribution >= 0.6 is 0 Å². The molecular formula is C19H17NO4S. The number of rotatable bonds is 5. The average Bonchev–Trinajstić information content (AvgIpc) is 2.65. The van der Waals surface area contributed by atoms with Crippen molar-refractivity contribution < 1.29 is 17.9 Å². The highest BCUT2D eigenvalue weighted by atomic mass is 32.2. The fourth-order valence-corrected chi connectivity index (χ4v) is 3.58. The third kappa shape index (κ3) is 3.87. The Kier molecular flexibility index (Phi) is 4.83. The molecule has 0 aliphatic carbocycles. The standard InChI is InChI=1S/C19H17NO4S/c1-24-19(21)17-7-4-8-18(12-17)25(22,23)20-13-14-9-10-15-5-2-3-6-16(15)11-14/h2-12,20H,13H2,1H3. The molecule has 0 heterocycles. The smallest absolute Gasteiger partial charge is 0.337 e. The third-order valence-corrected chi connectivity index (χ3v) is 5.24. The van der Waals surface area contributed by atoms with Gasteiger partial charge in [-0.3, -0.25) is 0 Å². The zero-order valence-electron chi connectivity index (χ0n) is 13.6. The van der Waals surface area contributed by atoms with Crippen LogP contribution in [-0.2, 0) is 21.3 Å². The summed E-state index contributed by atoms with van der Waals surface area (Å²) in [5.41, 5.74) is 1.04. The molecule has 0 fully saturated rings. The van der Waals surface area contributed by atoms with E-state index in [0.29, 0.717) is 0 Å². The van der Waals surface area contributed by atoms with Gasteiger partial charge in [-0.15, -0.1) is 0 Å². The van der Waals surface area contributed by atoms with E-state index in [9.17, 15) is 13.2 Å². The fourth-order valence-electron chi connectivity index (χ4n) is 2.52. The Bertz CT molecular complexity index is 1030. The molecule has 5 nitrogen and oxygen atoms in total. The molecule has 3 aromatic rings. The molecule has 3 aromatic carbocycles. The molecule has 0 spiro atoms. The SMILES string of the molecule is COC(=O)c1cccc(S(=O)(=O)NCc2ccc3ccccc3c2)c1. The zero-order valence-corrected chi connectivity index (χ0v) is 14.4. The van der Waals surface area contributed by atoms with E-state index in [1.807, 2.05) is 42.5 Å². The van der Waals surface area contributed by atoms with Crippen LogP contribution in [0.5, 0.6) is 0 Å². The van der Waals surface area contributed by atoms with Crippen LogP contribution in [0.3, 0.4) is 0 Å². The molecule has 0 unspecified atom stereocenters. The minimum atomic E-state index is -3.73. The zero-order chi connectivity index (χ0) is 17.9. The van der Waals surface area contributed by atoms with Gasteiger partial charge in [0.2, 0.25) is 10.0 Å². The predicted molar refractivity (Wildman–Crippen MR) is 95.8 cm³/mol. The summed E-state index contributed by atoms with van der Waals surface area (Å²) in [6, 6.07) is 19.4. The van der Waals surface area contributed by atoms with Gasteiger partial charge in [-0.2, -0.15) is 0 Å². The van der Waals surface area contributed by atoms with E-state index in [0.717, 1.165) is 16.3 Å². The maximum Gasteiger partial charge on any atom is 0.337 e. The number of fused-ring (bicyclic) bond motifs is 1. The molecule has 6 heteroatoms. The van der Waals surface area contributed by atoms with Crippen LogP contribution in [0.2, 0.25) is 0 Å². The molecule has 0 aromatic heterocycles. The van der Waals surface area contributed by atoms with Crippen LogP contribution in [0, 0.1) is 0 Å². The first-order valence-electron chi connectivity index (χ1n) is 7.65. The first-order chi connectivity index (χ1) is 12.0. The van der Waals surface area contributed by atoms with Gasteiger partial charge in [0.05, 0.1) is 17.6 Å². The van der Waals surface area contributed by atoms with Gasteiger partial charge < -0.3 is 4.74 Å². The summed E-state index contributed by atoms with van der Waals surface area (Å²) in [5.74, 6) is -0.577. The molecular weight excluding hydrogens is 338 g/mol. The molecule has 0 aliphatic heterocycles. The lowest BCUT2D eigenvalue weighted by Gasteiger charge is -2.09. The highest BCUT2D eigenvalue weighted by molar-refractivity contribution is 7.89. The number of carbonyl (C=O) groups excluding carboxylic acids is 1. The van der Waals surface area contributed by atoms with Crippen molar-refractivity contribution >= 4 is 26.8 Å². The fraction of sp³-hybridized carbons (Fsp3) is 0.105. The van der Waals surface area contributed by atoms with E-state index in [1.165, 1.54) is 31.4 Å². The second-order valence-electron chi connectivity index (χ2n) is 5.53. The Morgan fingerprint density at radius 1 is 0.960 bits per heavy atom. The van der Waals surface area contributed by atoms with Gasteiger partial charge >= 0.3 is 5.97 Å². The Balaban J connectivity index is 1.80. The van der Waals surface area contributed by atoms with Crippen LogP contribution in [0.4, 0.5) is 0 Å². The Labute approximate surface area is 146 Å². The van der Waals surface area contributed by atoms with E-state index in [-0.39, 0.29) is 17.0 Å². The number of esters is 1. The second kappa shape index (κ2) is 7.04. The number of nitrogens with one attached hydrogen (secondary N) is 1. The minimum Gasteiger partial charge on any atom is -0.465 e. The lowest BCUT2D eigenvalue weighted by Crippen LogP contribution is -2.23. The van der Waals surface area contributed by atoms with Crippen LogP contribution in [0.15, 0.2) is 71.6 Å². The van der Waals surface area contributed by atoms with Crippen molar-refractivity contribution in [2.75, 3.05) is 7.11 Å². The van der Waals surface area contributed by atoms with Crippen molar-refractivity contribution in [3.05, 3.63) is 77.9 Å². The van der Waals surface area contributed by atoms with Crippen molar-refractivity contribution in [2.45, 2.75) is 11.4 Å². The van der Waals surface area contributed by atoms with Gasteiger partial charge in [-0.1, -0.05) is 42.5 Å². The Morgan fingerprint density at radius 3 is 2.48 bits per heavy atom. The maximum atomic E-state index is 12.5. The van der Waals surface area contributed by atoms with Crippen molar-refractivity contribution in [1.29, 1.82) is 0 Å². The van der Waals surface area contributed by atoms with Gasteiger partial charge in [0, 0.05) is 6.54 Å². The largest absolute Gasteiger partial charge is 0.465 e. The summed E-state index contributed by atoms with van der Waals surface area (Å²) in [5, 5.41) is 2.15. The topological polar surface area (TPSA) is 72.5 Å². The molecule has 25 heavy (non-hydrogen) atoms. The summed E-state index contributed by atoms with van der Waals surface area (Å²) in [6.45, 7) is 0.162. The lowest BCUT2D eigenvalue weighted by molar-refractivity contribution is 0.0600. The van der Waals surface area contributed by atoms with Gasteiger partial charge in [0.15, 0.2) is 0 Å². The van der Waals surface area contributed by atoms with Crippen molar-refractivity contribution in [1.82, 2.24) is 4.72 Å². The third-order valence-electron chi connectivity index (χ3n) is 3.85. The van der Waals surface area contributed by atoms with Gasteiger partial charge in [0.25, 0.3) is 0 Å². The van der Waals surface area contributed by atoms with Crippen LogP contribution in [0.1, 0.15) is 15.9 Å². The normalized spacial score (nSPS) is 11.4. The molecule has 0 bridgehead atoms. The number of carbonyl (C=O) groups is 1. The maximum absolute atomic E-state index is 12.5. The van der Waals surface area contributed by atoms with Crippen LogP contribution in [0.25, 0.3) is 10.8 Å². The Hall–Kier alpha value is -2.70. The quantitative estimate of drug-likeness (QED) is 0.714. The monoisotopic (exact) mass is 355 g/mol. The lowest BCUT2D eigenvalue weighted by atomic mass is 10.1. The number of hydrogen-bond acceptors (Lipinski definition) is 4. The average molecular weight is 355 g/mol. The van der Waals surface area contributed by atoms with E-state index < -0.39 is 16.0 Å². The summed E-state index contributed by atoms with van der Waals surface area (Å²) < 4.78 is 32.1. The van der Waals surface area contributed by atoms with Crippen molar-refractivity contribution in [2.24, 2.45) is 0 Å². The van der Waals surface area contributed by atoms with Gasteiger partial charge in [-0.25, -0.2) is 17.9 Å². The van der Waals surface area contributed by atoms with E-state index in [2.05, 4.69) is 9.46 Å². The molecule has 0 atom stereocenters. The number of benzene rings is 3. The molecule has 0 saturated heterocycles. The first-order valence-corrected chi connectivity index (χ1v) is 9.14. The molecule has 0 saturated carbocycles. The summed E-state index contributed by atoms with van der Waals surface area (Å²) in [7, 11) is -2.48. The molecule has 0 amide bonds. The summed E-state index contributed by atoms with van der Waals surface area (Å²) >= 11 is 0. The van der Waals surface area contributed by atoms with Crippen LogP contribution in [-0.4, -0.2) is 21.5 Å². The second-order valence-corrected chi connectivity index (χ2v) is 7.29. The summed E-state index contributed by atoms with van der Waals surface area (Å²) in [6.07, 6.45) is 0. The van der Waals surface area contributed by atoms with Gasteiger partial charge in [0.1, 0.15) is 0 Å². The highest BCUT2D eigenvalue weighted by Crippen LogP contribution is 2.17. The summed E-state index contributed by atoms with van der Waals surface area (Å²) in [4.78, 5) is 11.6. The Morgan fingerprint density at radius 2 is 1.72 bits per heavy atom. The molecule has 0 aliphatic rings. The highest BCUT2D eigenvalue weighted by Gasteiger charge is 2.16. The molecule has 128 valence electrons. The number of hydrogen-bond donors (Lipinski definition) is 1. The molecule has 3 rings (SSSR count). The molecule has 0 radical (unpaired) electrons. The van der Waals surface area contributed by atoms with E-state index in [1.54, 1.807) is 0 Å². The number of sulfonamides is 1. The first kappa shape index (κ1) is 17.1. The predicted octanol–water partition coefficient (Wildman–Crippen LogP) is 3.10. The molecule has 1 N–H and O–H groups in total. The van der Waals surface area contributed by atoms with E-state index >= 15 is 0 Å². The van der Waals surface area contributed by atoms with Gasteiger partial charge in [-0.05, 0) is 40.6 Å². The van der Waals surface area contributed by atoms with E-state index in [4.69, 9.17) is 0 Å². The number of methoxy groups -OCH3 is 1. The minimum absolute atomic E-state index is 0.0242. The van der Waals surface area contributed by atoms with Crippen molar-refractivity contribution in [3.63, 3.8) is 0 Å². The van der Waals surface area contributed by atoms with Crippen LogP contribution < -0.4 is 4.72 Å².